The number of rotatable bonds is 15. The molecule has 0 aliphatic rings. The third kappa shape index (κ3) is 8.58. The van der Waals surface area contributed by atoms with Crippen LogP contribution in [0.4, 0.5) is 0 Å². The van der Waals surface area contributed by atoms with E-state index in [4.69, 9.17) is 0 Å². The number of hydrogen-bond donors (Lipinski definition) is 0. The molecule has 1 heterocycles. The molecule has 2 heteroatoms. The van der Waals surface area contributed by atoms with Gasteiger partial charge in [-0.2, -0.15) is 0 Å². The predicted molar refractivity (Wildman–Crippen MR) is 101 cm³/mol. The van der Waals surface area contributed by atoms with Gasteiger partial charge in [-0.25, -0.2) is 9.13 Å². The highest BCUT2D eigenvalue weighted by molar-refractivity contribution is 4.84. The zero-order chi connectivity index (χ0) is 16.8. The van der Waals surface area contributed by atoms with Crippen LogP contribution in [0, 0.1) is 0 Å². The lowest BCUT2D eigenvalue weighted by molar-refractivity contribution is -0.704. The summed E-state index contributed by atoms with van der Waals surface area (Å²) >= 11 is 0. The molecule has 0 aliphatic carbocycles. The second-order valence-electron chi connectivity index (χ2n) is 7.03. The molecule has 0 saturated heterocycles. The van der Waals surface area contributed by atoms with Crippen LogP contribution in [-0.2, 0) is 19.5 Å². The van der Waals surface area contributed by atoms with Gasteiger partial charge in [0.05, 0.1) is 13.1 Å². The summed E-state index contributed by atoms with van der Waals surface area (Å²) < 4.78 is 5.06. The zero-order valence-electron chi connectivity index (χ0n) is 16.2. The van der Waals surface area contributed by atoms with E-state index in [1.54, 1.807) is 5.82 Å². The van der Waals surface area contributed by atoms with Gasteiger partial charge in [0.1, 0.15) is 12.4 Å². The van der Waals surface area contributed by atoms with Gasteiger partial charge in [-0.05, 0) is 25.7 Å². The molecule has 0 radical (unpaired) electrons. The van der Waals surface area contributed by atoms with Crippen LogP contribution in [0.3, 0.4) is 0 Å². The number of aromatic nitrogens is 2. The maximum absolute atomic E-state index is 2.54. The maximum Gasteiger partial charge on any atom is 0.256 e. The summed E-state index contributed by atoms with van der Waals surface area (Å²) in [4.78, 5) is 0. The Kier molecular flexibility index (Phi) is 12.0. The third-order valence-corrected chi connectivity index (χ3v) is 4.85. The molecule has 0 spiro atoms. The molecule has 1 aromatic heterocycles. The Morgan fingerprint density at radius 1 is 0.739 bits per heavy atom. The number of unbranched alkanes of at least 4 members (excludes halogenated alkanes) is 9. The van der Waals surface area contributed by atoms with Gasteiger partial charge in [-0.15, -0.1) is 0 Å². The fourth-order valence-electron chi connectivity index (χ4n) is 3.29. The van der Waals surface area contributed by atoms with Crippen molar-refractivity contribution in [3.8, 4) is 0 Å². The highest BCUT2D eigenvalue weighted by Gasteiger charge is 2.16. The molecule has 1 aromatic rings. The molecule has 134 valence electrons. The van der Waals surface area contributed by atoms with Crippen LogP contribution in [0.15, 0.2) is 12.4 Å². The first-order valence-electron chi connectivity index (χ1n) is 10.4. The van der Waals surface area contributed by atoms with E-state index in [2.05, 4.69) is 42.3 Å². The van der Waals surface area contributed by atoms with Crippen molar-refractivity contribution in [2.24, 2.45) is 0 Å². The summed E-state index contributed by atoms with van der Waals surface area (Å²) in [5.74, 6) is 1.57. The normalized spacial score (nSPS) is 11.3. The summed E-state index contributed by atoms with van der Waals surface area (Å²) in [7, 11) is 0. The molecule has 0 saturated carbocycles. The van der Waals surface area contributed by atoms with E-state index < -0.39 is 0 Å². The second-order valence-corrected chi connectivity index (χ2v) is 7.03. The van der Waals surface area contributed by atoms with Crippen molar-refractivity contribution < 1.29 is 4.57 Å². The van der Waals surface area contributed by atoms with Crippen LogP contribution in [0.25, 0.3) is 0 Å². The van der Waals surface area contributed by atoms with Crippen LogP contribution < -0.4 is 4.57 Å². The summed E-state index contributed by atoms with van der Waals surface area (Å²) in [6, 6.07) is 0. The lowest BCUT2D eigenvalue weighted by Crippen LogP contribution is -2.37. The van der Waals surface area contributed by atoms with Gasteiger partial charge in [0.25, 0.3) is 5.82 Å². The van der Waals surface area contributed by atoms with Crippen LogP contribution >= 0.6 is 0 Å². The van der Waals surface area contributed by atoms with Crippen LogP contribution in [0.1, 0.15) is 104 Å². The molecule has 0 fully saturated rings. The Bertz CT molecular complexity index is 381. The fraction of sp³-hybridized carbons (Fsp3) is 0.857. The lowest BCUT2D eigenvalue weighted by Gasteiger charge is -2.06. The van der Waals surface area contributed by atoms with Crippen molar-refractivity contribution in [3.05, 3.63) is 18.2 Å². The van der Waals surface area contributed by atoms with E-state index in [-0.39, 0.29) is 0 Å². The molecule has 0 aromatic carbocycles. The Morgan fingerprint density at radius 2 is 1.35 bits per heavy atom. The molecule has 0 amide bonds. The van der Waals surface area contributed by atoms with Gasteiger partial charge in [0.2, 0.25) is 0 Å². The monoisotopic (exact) mass is 321 g/mol. The number of nitrogens with zero attached hydrogens (tertiary/aromatic N) is 2. The second kappa shape index (κ2) is 13.6. The Morgan fingerprint density at radius 3 is 2.04 bits per heavy atom. The number of aryl methyl sites for hydroxylation is 2. The van der Waals surface area contributed by atoms with Crippen LogP contribution in [-0.4, -0.2) is 4.57 Å². The molecular formula is C21H41N2+. The average Bonchev–Trinajstić information content (AvgIpc) is 2.95. The van der Waals surface area contributed by atoms with E-state index in [9.17, 15) is 0 Å². The van der Waals surface area contributed by atoms with E-state index in [1.165, 1.54) is 96.6 Å². The van der Waals surface area contributed by atoms with Crippen molar-refractivity contribution in [3.63, 3.8) is 0 Å². The summed E-state index contributed by atoms with van der Waals surface area (Å²) in [5.41, 5.74) is 0. The molecule has 0 aliphatic heterocycles. The number of hydrogen-bond acceptors (Lipinski definition) is 0. The molecule has 0 bridgehead atoms. The van der Waals surface area contributed by atoms with Crippen molar-refractivity contribution in [1.82, 2.24) is 4.57 Å². The standard InChI is InChI=1S/C21H41N2/c1-4-7-10-12-13-15-18-23-20-19-22(17-9-6-3)21(23)16-14-11-8-5-2/h19-20H,4-18H2,1-3H3/q+1. The quantitative estimate of drug-likeness (QED) is 0.274. The minimum atomic E-state index is 1.20. The Hall–Kier alpha value is -0.790. The predicted octanol–water partition coefficient (Wildman–Crippen LogP) is 6.06. The molecule has 1 rings (SSSR count). The molecule has 2 nitrogen and oxygen atoms in total. The molecule has 0 N–H and O–H groups in total. The van der Waals surface area contributed by atoms with Gasteiger partial charge < -0.3 is 0 Å². The van der Waals surface area contributed by atoms with Gasteiger partial charge in [0, 0.05) is 6.42 Å². The van der Waals surface area contributed by atoms with Gasteiger partial charge in [-0.1, -0.05) is 72.1 Å². The van der Waals surface area contributed by atoms with Gasteiger partial charge in [0.15, 0.2) is 0 Å². The van der Waals surface area contributed by atoms with Crippen molar-refractivity contribution in [2.45, 2.75) is 117 Å². The smallest absolute Gasteiger partial charge is 0.234 e. The first-order valence-corrected chi connectivity index (χ1v) is 10.4. The first kappa shape index (κ1) is 20.3. The fourth-order valence-corrected chi connectivity index (χ4v) is 3.29. The lowest BCUT2D eigenvalue weighted by atomic mass is 10.1. The van der Waals surface area contributed by atoms with Crippen molar-refractivity contribution >= 4 is 0 Å². The Balaban J connectivity index is 2.46. The largest absolute Gasteiger partial charge is 0.256 e. The average molecular weight is 322 g/mol. The number of imidazole rings is 1. The molecule has 0 atom stereocenters. The topological polar surface area (TPSA) is 8.81 Å². The van der Waals surface area contributed by atoms with E-state index in [0.29, 0.717) is 0 Å². The highest BCUT2D eigenvalue weighted by Crippen LogP contribution is 2.10. The van der Waals surface area contributed by atoms with Crippen LogP contribution in [0.5, 0.6) is 0 Å². The molecule has 0 unspecified atom stereocenters. The summed E-state index contributed by atoms with van der Waals surface area (Å²) in [6.07, 6.45) is 22.2. The highest BCUT2D eigenvalue weighted by atomic mass is 15.1. The summed E-state index contributed by atoms with van der Waals surface area (Å²) in [6.45, 7) is 9.29. The summed E-state index contributed by atoms with van der Waals surface area (Å²) in [5, 5.41) is 0. The van der Waals surface area contributed by atoms with Crippen LogP contribution in [0.2, 0.25) is 0 Å². The van der Waals surface area contributed by atoms with Crippen molar-refractivity contribution in [1.29, 1.82) is 0 Å². The third-order valence-electron chi connectivity index (χ3n) is 4.85. The molecule has 23 heavy (non-hydrogen) atoms. The maximum atomic E-state index is 2.54. The minimum Gasteiger partial charge on any atom is -0.234 e. The van der Waals surface area contributed by atoms with E-state index in [0.717, 1.165) is 0 Å². The van der Waals surface area contributed by atoms with E-state index in [1.807, 2.05) is 0 Å². The van der Waals surface area contributed by atoms with E-state index >= 15 is 0 Å². The molecular weight excluding hydrogens is 280 g/mol. The minimum absolute atomic E-state index is 1.20. The SMILES string of the molecule is CCCCCCCCn1cc[n+](CCCC)c1CCCCCC. The van der Waals surface area contributed by atoms with Gasteiger partial charge in [-0.3, -0.25) is 0 Å². The first-order chi connectivity index (χ1) is 11.3. The Labute approximate surface area is 145 Å². The van der Waals surface area contributed by atoms with Crippen molar-refractivity contribution in [2.75, 3.05) is 0 Å². The van der Waals surface area contributed by atoms with Gasteiger partial charge >= 0.3 is 0 Å². The zero-order valence-corrected chi connectivity index (χ0v) is 16.2.